The molecule has 1 unspecified atom stereocenters. The highest BCUT2D eigenvalue weighted by molar-refractivity contribution is 9.10. The van der Waals surface area contributed by atoms with Gasteiger partial charge in [0.25, 0.3) is 0 Å². The van der Waals surface area contributed by atoms with Gasteiger partial charge in [-0.1, -0.05) is 15.9 Å². The fraction of sp³-hybridized carbons (Fsp3) is 0.300. The highest BCUT2D eigenvalue weighted by atomic mass is 79.9. The van der Waals surface area contributed by atoms with Crippen molar-refractivity contribution < 1.29 is 17.9 Å². The van der Waals surface area contributed by atoms with E-state index >= 15 is 0 Å². The Bertz CT molecular complexity index is 452. The van der Waals surface area contributed by atoms with Crippen molar-refractivity contribution in [1.29, 1.82) is 0 Å². The van der Waals surface area contributed by atoms with E-state index < -0.39 is 15.3 Å². The molecule has 0 N–H and O–H groups in total. The molecule has 6 heteroatoms. The van der Waals surface area contributed by atoms with Gasteiger partial charge in [0.2, 0.25) is 9.84 Å². The van der Waals surface area contributed by atoms with E-state index in [1.54, 1.807) is 12.1 Å². The highest BCUT2D eigenvalue weighted by Crippen LogP contribution is 2.19. The average molecular weight is 307 g/mol. The molecule has 1 rings (SSSR count). The summed E-state index contributed by atoms with van der Waals surface area (Å²) < 4.78 is 29.5. The Labute approximate surface area is 103 Å². The summed E-state index contributed by atoms with van der Waals surface area (Å²) in [6.45, 7) is 1.18. The normalized spacial score (nSPS) is 13.4. The number of carbonyl (C=O) groups is 1. The van der Waals surface area contributed by atoms with Crippen LogP contribution in [0.4, 0.5) is 0 Å². The predicted molar refractivity (Wildman–Crippen MR) is 62.8 cm³/mol. The molecule has 1 atom stereocenters. The van der Waals surface area contributed by atoms with Gasteiger partial charge < -0.3 is 9.53 Å². The first-order chi connectivity index (χ1) is 7.48. The molecule has 0 spiro atoms. The second kappa shape index (κ2) is 5.56. The Morgan fingerprint density at radius 3 is 2.44 bits per heavy atom. The molecule has 0 aliphatic carbocycles. The summed E-state index contributed by atoms with van der Waals surface area (Å²) in [5, 5.41) is 0. The van der Waals surface area contributed by atoms with Crippen LogP contribution in [0.3, 0.4) is 0 Å². The highest BCUT2D eigenvalue weighted by Gasteiger charge is 2.23. The number of hydrogen-bond acceptors (Lipinski definition) is 4. The van der Waals surface area contributed by atoms with Gasteiger partial charge in [-0.2, -0.15) is 0 Å². The monoisotopic (exact) mass is 306 g/mol. The Kier molecular flexibility index (Phi) is 4.64. The lowest BCUT2D eigenvalue weighted by Crippen LogP contribution is -2.22. The van der Waals surface area contributed by atoms with Crippen LogP contribution < -0.4 is 0 Å². The maximum atomic E-state index is 11.9. The Hall–Kier alpha value is -0.720. The topological polar surface area (TPSA) is 60.4 Å². The van der Waals surface area contributed by atoms with E-state index in [4.69, 9.17) is 4.74 Å². The van der Waals surface area contributed by atoms with Crippen LogP contribution in [-0.2, 0) is 19.4 Å². The van der Waals surface area contributed by atoms with Crippen molar-refractivity contribution in [3.8, 4) is 0 Å². The number of hydrogen-bond donors (Lipinski definition) is 0. The standard InChI is InChI=1S/C10H11BrO4S/c1-8(15-7-6-12)16(13,14)10-4-2-9(11)3-5-10/h2-6,8H,7H2,1H3. The number of halogens is 1. The number of ether oxygens (including phenoxy) is 1. The molecule has 16 heavy (non-hydrogen) atoms. The van der Waals surface area contributed by atoms with Crippen LogP contribution in [0.15, 0.2) is 33.6 Å². The summed E-state index contributed by atoms with van der Waals surface area (Å²) in [6.07, 6.45) is 0.521. The molecule has 0 radical (unpaired) electrons. The smallest absolute Gasteiger partial charge is 0.204 e. The first-order valence-corrected chi connectivity index (χ1v) is 6.87. The number of carbonyl (C=O) groups excluding carboxylic acids is 1. The van der Waals surface area contributed by atoms with Crippen molar-refractivity contribution in [3.63, 3.8) is 0 Å². The molecule has 0 bridgehead atoms. The minimum atomic E-state index is -3.53. The van der Waals surface area contributed by atoms with Crippen molar-refractivity contribution >= 4 is 32.1 Å². The first-order valence-electron chi connectivity index (χ1n) is 4.53. The molecular weight excluding hydrogens is 296 g/mol. The second-order valence-corrected chi connectivity index (χ2v) is 6.21. The summed E-state index contributed by atoms with van der Waals surface area (Å²) in [7, 11) is -3.53. The second-order valence-electron chi connectivity index (χ2n) is 3.07. The zero-order valence-corrected chi connectivity index (χ0v) is 11.0. The van der Waals surface area contributed by atoms with E-state index in [9.17, 15) is 13.2 Å². The Morgan fingerprint density at radius 2 is 1.94 bits per heavy atom. The van der Waals surface area contributed by atoms with Gasteiger partial charge in [-0.25, -0.2) is 8.42 Å². The summed E-state index contributed by atoms with van der Waals surface area (Å²) in [4.78, 5) is 10.3. The molecule has 0 saturated heterocycles. The van der Waals surface area contributed by atoms with Crippen LogP contribution in [0.25, 0.3) is 0 Å². The van der Waals surface area contributed by atoms with E-state index in [-0.39, 0.29) is 11.5 Å². The van der Waals surface area contributed by atoms with Crippen LogP contribution in [0.5, 0.6) is 0 Å². The fourth-order valence-electron chi connectivity index (χ4n) is 1.08. The zero-order valence-electron chi connectivity index (χ0n) is 8.59. The van der Waals surface area contributed by atoms with Crippen molar-refractivity contribution in [2.75, 3.05) is 6.61 Å². The average Bonchev–Trinajstić information content (AvgIpc) is 2.26. The van der Waals surface area contributed by atoms with Crippen LogP contribution in [0.1, 0.15) is 6.92 Å². The van der Waals surface area contributed by atoms with Gasteiger partial charge >= 0.3 is 0 Å². The summed E-state index contributed by atoms with van der Waals surface area (Å²) in [5.41, 5.74) is -1.03. The summed E-state index contributed by atoms with van der Waals surface area (Å²) >= 11 is 3.22. The van der Waals surface area contributed by atoms with Gasteiger partial charge in [0.05, 0.1) is 4.90 Å². The molecule has 0 amide bonds. The van der Waals surface area contributed by atoms with Gasteiger partial charge in [0.15, 0.2) is 5.44 Å². The minimum absolute atomic E-state index is 0.175. The number of sulfone groups is 1. The summed E-state index contributed by atoms with van der Waals surface area (Å²) in [5.74, 6) is 0. The third-order valence-electron chi connectivity index (χ3n) is 1.98. The van der Waals surface area contributed by atoms with Crippen LogP contribution in [0.2, 0.25) is 0 Å². The van der Waals surface area contributed by atoms with Crippen molar-refractivity contribution in [3.05, 3.63) is 28.7 Å². The molecule has 0 fully saturated rings. The third-order valence-corrected chi connectivity index (χ3v) is 4.45. The molecule has 4 nitrogen and oxygen atoms in total. The molecule has 88 valence electrons. The van der Waals surface area contributed by atoms with Crippen LogP contribution in [-0.4, -0.2) is 26.7 Å². The Morgan fingerprint density at radius 1 is 1.38 bits per heavy atom. The van der Waals surface area contributed by atoms with Crippen molar-refractivity contribution in [1.82, 2.24) is 0 Å². The quantitative estimate of drug-likeness (QED) is 0.778. The maximum Gasteiger partial charge on any atom is 0.204 e. The van der Waals surface area contributed by atoms with Gasteiger partial charge in [-0.05, 0) is 31.2 Å². The van der Waals surface area contributed by atoms with E-state index in [0.29, 0.717) is 6.29 Å². The van der Waals surface area contributed by atoms with Gasteiger partial charge in [-0.3, -0.25) is 0 Å². The van der Waals surface area contributed by atoms with Gasteiger partial charge in [-0.15, -0.1) is 0 Å². The lowest BCUT2D eigenvalue weighted by Gasteiger charge is -2.12. The van der Waals surface area contributed by atoms with Gasteiger partial charge in [0, 0.05) is 4.47 Å². The van der Waals surface area contributed by atoms with Crippen molar-refractivity contribution in [2.24, 2.45) is 0 Å². The van der Waals surface area contributed by atoms with Crippen molar-refractivity contribution in [2.45, 2.75) is 17.3 Å². The molecule has 0 aliphatic rings. The lowest BCUT2D eigenvalue weighted by molar-refractivity contribution is -0.112. The summed E-state index contributed by atoms with van der Waals surface area (Å²) in [6, 6.07) is 6.25. The molecule has 1 aromatic rings. The molecule has 0 heterocycles. The van der Waals surface area contributed by atoms with Crippen LogP contribution in [0, 0.1) is 0 Å². The Balaban J connectivity index is 2.93. The number of rotatable bonds is 5. The maximum absolute atomic E-state index is 11.9. The molecule has 0 aliphatic heterocycles. The third kappa shape index (κ3) is 3.13. The number of benzene rings is 1. The molecule has 0 aromatic heterocycles. The molecule has 1 aromatic carbocycles. The van der Waals surface area contributed by atoms with E-state index in [2.05, 4.69) is 15.9 Å². The minimum Gasteiger partial charge on any atom is -0.355 e. The molecular formula is C10H11BrO4S. The van der Waals surface area contributed by atoms with E-state index in [1.165, 1.54) is 19.1 Å². The van der Waals surface area contributed by atoms with Crippen LogP contribution >= 0.6 is 15.9 Å². The lowest BCUT2D eigenvalue weighted by atomic mass is 10.4. The molecule has 0 saturated carbocycles. The van der Waals surface area contributed by atoms with E-state index in [0.717, 1.165) is 4.47 Å². The first kappa shape index (κ1) is 13.3. The largest absolute Gasteiger partial charge is 0.355 e. The predicted octanol–water partition coefficient (Wildman–Crippen LogP) is 1.78. The zero-order chi connectivity index (χ0) is 12.2. The number of aldehydes is 1. The fourth-order valence-corrected chi connectivity index (χ4v) is 2.50. The SMILES string of the molecule is CC(OCC=O)S(=O)(=O)c1ccc(Br)cc1. The van der Waals surface area contributed by atoms with Gasteiger partial charge in [0.1, 0.15) is 12.9 Å². The van der Waals surface area contributed by atoms with E-state index in [1.807, 2.05) is 0 Å².